The predicted molar refractivity (Wildman–Crippen MR) is 250 cm³/mol. The Hall–Kier alpha value is -7.48. The number of rotatable bonds is 8. The van der Waals surface area contributed by atoms with Crippen molar-refractivity contribution in [2.45, 2.75) is 6.92 Å². The highest BCUT2D eigenvalue weighted by Crippen LogP contribution is 2.44. The molecule has 0 saturated carbocycles. The highest BCUT2D eigenvalue weighted by atomic mass is 15.1. The van der Waals surface area contributed by atoms with Crippen molar-refractivity contribution in [2.75, 3.05) is 4.90 Å². The lowest BCUT2D eigenvalue weighted by Crippen LogP contribution is -2.09. The Morgan fingerprint density at radius 1 is 0.328 bits per heavy atom. The molecule has 0 unspecified atom stereocenters. The summed E-state index contributed by atoms with van der Waals surface area (Å²) in [6.45, 7) is 2.15. The molecule has 58 heavy (non-hydrogen) atoms. The van der Waals surface area contributed by atoms with Gasteiger partial charge in [-0.1, -0.05) is 194 Å². The first-order valence-electron chi connectivity index (χ1n) is 20.0. The van der Waals surface area contributed by atoms with Crippen LogP contribution in [0.1, 0.15) is 16.7 Å². The molecule has 274 valence electrons. The van der Waals surface area contributed by atoms with Crippen molar-refractivity contribution in [3.8, 4) is 33.4 Å². The van der Waals surface area contributed by atoms with Gasteiger partial charge >= 0.3 is 0 Å². The van der Waals surface area contributed by atoms with E-state index in [2.05, 4.69) is 242 Å². The summed E-state index contributed by atoms with van der Waals surface area (Å²) in [5, 5.41) is 7.54. The summed E-state index contributed by atoms with van der Waals surface area (Å²) in [7, 11) is 0. The first kappa shape index (κ1) is 35.0. The van der Waals surface area contributed by atoms with Crippen LogP contribution in [0.5, 0.6) is 0 Å². The molecule has 0 fully saturated rings. The van der Waals surface area contributed by atoms with Gasteiger partial charge < -0.3 is 4.90 Å². The van der Waals surface area contributed by atoms with Gasteiger partial charge in [0.1, 0.15) is 0 Å². The highest BCUT2D eigenvalue weighted by molar-refractivity contribution is 6.21. The molecule has 0 radical (unpaired) electrons. The molecular weight excluding hydrogens is 699 g/mol. The van der Waals surface area contributed by atoms with Crippen molar-refractivity contribution in [2.24, 2.45) is 0 Å². The van der Waals surface area contributed by atoms with E-state index >= 15 is 0 Å². The minimum absolute atomic E-state index is 1.12. The molecule has 0 amide bonds. The van der Waals surface area contributed by atoms with E-state index in [1.165, 1.54) is 82.4 Å². The number of para-hydroxylation sites is 1. The van der Waals surface area contributed by atoms with Crippen molar-refractivity contribution in [1.29, 1.82) is 0 Å². The lowest BCUT2D eigenvalue weighted by atomic mass is 9.86. The fraction of sp³-hybridized carbons (Fsp3) is 0.0175. The Bertz CT molecular complexity index is 3020. The molecule has 0 aromatic heterocycles. The maximum atomic E-state index is 2.33. The lowest BCUT2D eigenvalue weighted by molar-refractivity contribution is 1.27. The quantitative estimate of drug-likeness (QED) is 0.111. The molecule has 0 heterocycles. The van der Waals surface area contributed by atoms with Crippen LogP contribution in [-0.4, -0.2) is 0 Å². The third kappa shape index (κ3) is 6.63. The van der Waals surface area contributed by atoms with Gasteiger partial charge in [0, 0.05) is 17.1 Å². The van der Waals surface area contributed by atoms with Gasteiger partial charge in [-0.15, -0.1) is 0 Å². The monoisotopic (exact) mass is 739 g/mol. The van der Waals surface area contributed by atoms with Crippen molar-refractivity contribution in [1.82, 2.24) is 0 Å². The van der Waals surface area contributed by atoms with Gasteiger partial charge in [0.15, 0.2) is 0 Å². The molecule has 0 aliphatic heterocycles. The number of hydrogen-bond acceptors (Lipinski definition) is 1. The number of anilines is 3. The van der Waals surface area contributed by atoms with Crippen molar-refractivity contribution < 1.29 is 0 Å². The lowest BCUT2D eigenvalue weighted by Gasteiger charge is -2.26. The molecule has 1 heteroatoms. The second kappa shape index (κ2) is 15.2. The standard InChI is InChI=1S/C57H41N/c1-40-13-11-18-49(39-40)58(47-16-3-2-4-17-47)48-37-35-46(36-38-48)57-54-22-9-7-20-52(54)56(53-21-8-10-23-55(53)57)45-33-29-42(30-34-45)26-25-41-27-31-44(32-28-41)51-24-12-15-43-14-5-6-19-50(43)51/h2-39H,1H3/b26-25+. The molecule has 0 spiro atoms. The zero-order valence-electron chi connectivity index (χ0n) is 32.4. The van der Waals surface area contributed by atoms with Gasteiger partial charge in [-0.3, -0.25) is 0 Å². The summed E-state index contributed by atoms with van der Waals surface area (Å²) in [5.41, 5.74) is 14.4. The summed E-state index contributed by atoms with van der Waals surface area (Å²) in [6, 6.07) is 79.2. The van der Waals surface area contributed by atoms with Crippen molar-refractivity contribution >= 4 is 61.5 Å². The van der Waals surface area contributed by atoms with E-state index in [0.29, 0.717) is 0 Å². The fourth-order valence-electron chi connectivity index (χ4n) is 8.52. The molecule has 10 rings (SSSR count). The van der Waals surface area contributed by atoms with Gasteiger partial charge in [0.25, 0.3) is 0 Å². The topological polar surface area (TPSA) is 3.24 Å². The number of fused-ring (bicyclic) bond motifs is 3. The van der Waals surface area contributed by atoms with Crippen LogP contribution in [0.15, 0.2) is 218 Å². The summed E-state index contributed by atoms with van der Waals surface area (Å²) in [5.74, 6) is 0. The van der Waals surface area contributed by atoms with E-state index in [0.717, 1.165) is 17.1 Å². The number of aryl methyl sites for hydroxylation is 1. The molecule has 10 aromatic carbocycles. The summed E-state index contributed by atoms with van der Waals surface area (Å²) in [4.78, 5) is 2.33. The Morgan fingerprint density at radius 3 is 1.33 bits per heavy atom. The highest BCUT2D eigenvalue weighted by Gasteiger charge is 2.18. The molecule has 0 N–H and O–H groups in total. The van der Waals surface area contributed by atoms with Crippen LogP contribution >= 0.6 is 0 Å². The van der Waals surface area contributed by atoms with Gasteiger partial charge in [-0.25, -0.2) is 0 Å². The Kier molecular flexibility index (Phi) is 9.18. The largest absolute Gasteiger partial charge is 0.310 e. The third-order valence-corrected chi connectivity index (χ3v) is 11.3. The van der Waals surface area contributed by atoms with Gasteiger partial charge in [0.2, 0.25) is 0 Å². The number of benzene rings is 10. The molecule has 0 saturated heterocycles. The van der Waals surface area contributed by atoms with Crippen LogP contribution < -0.4 is 4.90 Å². The minimum Gasteiger partial charge on any atom is -0.310 e. The molecule has 0 aliphatic rings. The summed E-state index contributed by atoms with van der Waals surface area (Å²) < 4.78 is 0. The maximum Gasteiger partial charge on any atom is 0.0464 e. The average Bonchev–Trinajstić information content (AvgIpc) is 3.28. The molecular formula is C57H41N. The zero-order chi connectivity index (χ0) is 38.8. The van der Waals surface area contributed by atoms with E-state index in [1.54, 1.807) is 0 Å². The normalized spacial score (nSPS) is 11.5. The van der Waals surface area contributed by atoms with Crippen LogP contribution in [0.2, 0.25) is 0 Å². The molecule has 0 aliphatic carbocycles. The van der Waals surface area contributed by atoms with E-state index in [-0.39, 0.29) is 0 Å². The fourth-order valence-corrected chi connectivity index (χ4v) is 8.52. The molecule has 10 aromatic rings. The van der Waals surface area contributed by atoms with E-state index in [9.17, 15) is 0 Å². The second-order valence-corrected chi connectivity index (χ2v) is 15.0. The van der Waals surface area contributed by atoms with E-state index in [4.69, 9.17) is 0 Å². The minimum atomic E-state index is 1.12. The van der Waals surface area contributed by atoms with Gasteiger partial charge in [-0.2, -0.15) is 0 Å². The van der Waals surface area contributed by atoms with Crippen LogP contribution in [0.3, 0.4) is 0 Å². The van der Waals surface area contributed by atoms with E-state index in [1.807, 2.05) is 0 Å². The van der Waals surface area contributed by atoms with E-state index < -0.39 is 0 Å². The Balaban J connectivity index is 0.979. The third-order valence-electron chi connectivity index (χ3n) is 11.3. The van der Waals surface area contributed by atoms with Gasteiger partial charge in [-0.05, 0) is 126 Å². The molecule has 0 atom stereocenters. The first-order valence-corrected chi connectivity index (χ1v) is 20.0. The van der Waals surface area contributed by atoms with Crippen molar-refractivity contribution in [3.05, 3.63) is 235 Å². The number of nitrogens with zero attached hydrogens (tertiary/aromatic N) is 1. The van der Waals surface area contributed by atoms with Crippen LogP contribution in [-0.2, 0) is 0 Å². The second-order valence-electron chi connectivity index (χ2n) is 15.0. The summed E-state index contributed by atoms with van der Waals surface area (Å²) in [6.07, 6.45) is 4.41. The van der Waals surface area contributed by atoms with Crippen LogP contribution in [0, 0.1) is 6.92 Å². The Labute approximate surface area is 340 Å². The summed E-state index contributed by atoms with van der Waals surface area (Å²) >= 11 is 0. The Morgan fingerprint density at radius 2 is 0.759 bits per heavy atom. The molecule has 0 bridgehead atoms. The SMILES string of the molecule is Cc1cccc(N(c2ccccc2)c2ccc(-c3c4ccccc4c(-c4ccc(/C=C/c5ccc(-c6cccc7ccccc67)cc5)cc4)c4ccccc34)cc2)c1. The first-order chi connectivity index (χ1) is 28.7. The maximum absolute atomic E-state index is 2.33. The smallest absolute Gasteiger partial charge is 0.0464 e. The van der Waals surface area contributed by atoms with Crippen molar-refractivity contribution in [3.63, 3.8) is 0 Å². The van der Waals surface area contributed by atoms with Crippen LogP contribution in [0.4, 0.5) is 17.1 Å². The number of hydrogen-bond donors (Lipinski definition) is 0. The predicted octanol–water partition coefficient (Wildman–Crippen LogP) is 16.1. The molecule has 1 nitrogen and oxygen atoms in total. The van der Waals surface area contributed by atoms with Gasteiger partial charge in [0.05, 0.1) is 0 Å². The zero-order valence-corrected chi connectivity index (χ0v) is 32.4. The average molecular weight is 740 g/mol. The van der Waals surface area contributed by atoms with Crippen LogP contribution in [0.25, 0.3) is 77.9 Å².